The minimum Gasteiger partial charge on any atom is -0.331 e. The zero-order chi connectivity index (χ0) is 13.1. The molecule has 3 rings (SSSR count). The number of aromatic nitrogens is 6. The minimum atomic E-state index is 0.665. The number of hydrogen-bond acceptors (Lipinski definition) is 6. The van der Waals surface area contributed by atoms with Crippen LogP contribution in [0.4, 0.5) is 0 Å². The smallest absolute Gasteiger partial charge is 0.209 e. The Kier molecular flexibility index (Phi) is 3.79. The van der Waals surface area contributed by atoms with Crippen molar-refractivity contribution < 1.29 is 0 Å². The third kappa shape index (κ3) is 2.95. The SMILES string of the molecule is CNCCn1nnnc1SCc1cncn1C1CC1. The molecule has 0 bridgehead atoms. The van der Waals surface area contributed by atoms with Crippen LogP contribution in [-0.4, -0.2) is 43.4 Å². The number of likely N-dealkylation sites (N-methyl/N-ethyl adjacent to an activating group) is 1. The molecule has 2 aromatic heterocycles. The summed E-state index contributed by atoms with van der Waals surface area (Å²) in [5.41, 5.74) is 1.25. The van der Waals surface area contributed by atoms with E-state index in [-0.39, 0.29) is 0 Å². The average molecular weight is 279 g/mol. The van der Waals surface area contributed by atoms with Crippen molar-refractivity contribution in [2.75, 3.05) is 13.6 Å². The lowest BCUT2D eigenvalue weighted by molar-refractivity contribution is 0.530. The van der Waals surface area contributed by atoms with E-state index >= 15 is 0 Å². The van der Waals surface area contributed by atoms with Crippen molar-refractivity contribution in [3.8, 4) is 0 Å². The summed E-state index contributed by atoms with van der Waals surface area (Å²) in [7, 11) is 1.92. The Balaban J connectivity index is 1.62. The molecule has 1 aliphatic rings. The molecule has 1 aliphatic carbocycles. The number of nitrogens with one attached hydrogen (secondary N) is 1. The number of imidazole rings is 1. The van der Waals surface area contributed by atoms with Gasteiger partial charge in [0.2, 0.25) is 5.16 Å². The van der Waals surface area contributed by atoms with Crippen LogP contribution >= 0.6 is 11.8 Å². The van der Waals surface area contributed by atoms with Crippen molar-refractivity contribution in [3.05, 3.63) is 18.2 Å². The van der Waals surface area contributed by atoms with E-state index in [0.717, 1.165) is 24.0 Å². The molecule has 8 heteroatoms. The first-order valence-electron chi connectivity index (χ1n) is 6.42. The first-order valence-corrected chi connectivity index (χ1v) is 7.41. The summed E-state index contributed by atoms with van der Waals surface area (Å²) in [6, 6.07) is 0.665. The molecule has 0 atom stereocenters. The molecule has 0 amide bonds. The summed E-state index contributed by atoms with van der Waals surface area (Å²) in [6.45, 7) is 1.65. The lowest BCUT2D eigenvalue weighted by Crippen LogP contribution is -2.16. The highest BCUT2D eigenvalue weighted by Gasteiger charge is 2.25. The lowest BCUT2D eigenvalue weighted by atomic mass is 10.5. The van der Waals surface area contributed by atoms with Gasteiger partial charge >= 0.3 is 0 Å². The van der Waals surface area contributed by atoms with Crippen LogP contribution in [0.15, 0.2) is 17.7 Å². The van der Waals surface area contributed by atoms with Gasteiger partial charge in [-0.3, -0.25) is 0 Å². The van der Waals surface area contributed by atoms with Crippen molar-refractivity contribution in [1.29, 1.82) is 0 Å². The van der Waals surface area contributed by atoms with Crippen LogP contribution < -0.4 is 5.32 Å². The monoisotopic (exact) mass is 279 g/mol. The summed E-state index contributed by atoms with van der Waals surface area (Å²) in [6.07, 6.45) is 6.41. The first-order chi connectivity index (χ1) is 9.38. The largest absolute Gasteiger partial charge is 0.331 e. The third-order valence-corrected chi connectivity index (χ3v) is 4.10. The molecule has 1 saturated carbocycles. The Hall–Kier alpha value is -1.41. The fourth-order valence-corrected chi connectivity index (χ4v) is 2.79. The molecule has 1 fully saturated rings. The van der Waals surface area contributed by atoms with Crippen molar-refractivity contribution in [1.82, 2.24) is 35.1 Å². The van der Waals surface area contributed by atoms with E-state index in [1.165, 1.54) is 18.5 Å². The van der Waals surface area contributed by atoms with Gasteiger partial charge in [-0.2, -0.15) is 0 Å². The number of rotatable bonds is 7. The summed E-state index contributed by atoms with van der Waals surface area (Å²) in [5.74, 6) is 0.858. The molecule has 0 aliphatic heterocycles. The van der Waals surface area contributed by atoms with E-state index in [1.807, 2.05) is 24.3 Å². The molecule has 2 aromatic rings. The van der Waals surface area contributed by atoms with Crippen molar-refractivity contribution in [2.24, 2.45) is 0 Å². The van der Waals surface area contributed by atoms with Crippen molar-refractivity contribution in [3.63, 3.8) is 0 Å². The van der Waals surface area contributed by atoms with Crippen molar-refractivity contribution >= 4 is 11.8 Å². The maximum absolute atomic E-state index is 4.24. The van der Waals surface area contributed by atoms with Gasteiger partial charge in [-0.1, -0.05) is 11.8 Å². The predicted molar refractivity (Wildman–Crippen MR) is 71.8 cm³/mol. The summed E-state index contributed by atoms with van der Waals surface area (Å²) in [4.78, 5) is 4.24. The highest BCUT2D eigenvalue weighted by molar-refractivity contribution is 7.98. The van der Waals surface area contributed by atoms with Gasteiger partial charge < -0.3 is 9.88 Å². The maximum Gasteiger partial charge on any atom is 0.209 e. The molecule has 0 radical (unpaired) electrons. The molecule has 0 aromatic carbocycles. The van der Waals surface area contributed by atoms with Crippen LogP contribution in [0.3, 0.4) is 0 Å². The number of nitrogens with zero attached hydrogens (tertiary/aromatic N) is 6. The van der Waals surface area contributed by atoms with Crippen LogP contribution in [0, 0.1) is 0 Å². The standard InChI is InChI=1S/C11H17N7S/c1-12-4-5-18-11(14-15-16-18)19-7-10-6-13-8-17(10)9-2-3-9/h6,8-9,12H,2-5,7H2,1H3. The molecule has 1 N–H and O–H groups in total. The third-order valence-electron chi connectivity index (χ3n) is 3.11. The van der Waals surface area contributed by atoms with Crippen LogP contribution in [0.5, 0.6) is 0 Å². The van der Waals surface area contributed by atoms with Crippen molar-refractivity contribution in [2.45, 2.75) is 36.3 Å². The van der Waals surface area contributed by atoms with Crippen LogP contribution in [0.1, 0.15) is 24.6 Å². The van der Waals surface area contributed by atoms with E-state index in [9.17, 15) is 0 Å². The van der Waals surface area contributed by atoms with E-state index in [2.05, 4.69) is 30.4 Å². The molecule has 2 heterocycles. The average Bonchev–Trinajstić information content (AvgIpc) is 3.00. The molecular weight excluding hydrogens is 262 g/mol. The highest BCUT2D eigenvalue weighted by atomic mass is 32.2. The Bertz CT molecular complexity index is 531. The second-order valence-corrected chi connectivity index (χ2v) is 5.54. The normalized spacial score (nSPS) is 15.0. The van der Waals surface area contributed by atoms with Crippen LogP contribution in [0.25, 0.3) is 0 Å². The zero-order valence-corrected chi connectivity index (χ0v) is 11.7. The van der Waals surface area contributed by atoms with E-state index < -0.39 is 0 Å². The van der Waals surface area contributed by atoms with E-state index in [1.54, 1.807) is 11.8 Å². The lowest BCUT2D eigenvalue weighted by Gasteiger charge is -2.06. The first kappa shape index (κ1) is 12.6. The molecule has 19 heavy (non-hydrogen) atoms. The Labute approximate surface area is 115 Å². The molecule has 0 saturated heterocycles. The van der Waals surface area contributed by atoms with Gasteiger partial charge in [-0.25, -0.2) is 9.67 Å². The second kappa shape index (κ2) is 5.70. The molecule has 0 spiro atoms. The summed E-state index contributed by atoms with van der Waals surface area (Å²) in [5, 5.41) is 15.8. The molecule has 7 nitrogen and oxygen atoms in total. The minimum absolute atomic E-state index is 0.665. The second-order valence-electron chi connectivity index (χ2n) is 4.60. The number of hydrogen-bond donors (Lipinski definition) is 1. The van der Waals surface area contributed by atoms with Gasteiger partial charge in [0, 0.05) is 30.2 Å². The Morgan fingerprint density at radius 1 is 1.47 bits per heavy atom. The molecule has 102 valence electrons. The van der Waals surface area contributed by atoms with Crippen LogP contribution in [-0.2, 0) is 12.3 Å². The Morgan fingerprint density at radius 2 is 2.37 bits per heavy atom. The van der Waals surface area contributed by atoms with Gasteiger partial charge in [0.25, 0.3) is 0 Å². The summed E-state index contributed by atoms with van der Waals surface area (Å²) >= 11 is 1.66. The highest BCUT2D eigenvalue weighted by Crippen LogP contribution is 2.36. The fraction of sp³-hybridized carbons (Fsp3) is 0.636. The fourth-order valence-electron chi connectivity index (χ4n) is 1.92. The number of tetrazole rings is 1. The van der Waals surface area contributed by atoms with E-state index in [0.29, 0.717) is 6.04 Å². The predicted octanol–water partition coefficient (Wildman–Crippen LogP) is 0.716. The molecule has 0 unspecified atom stereocenters. The van der Waals surface area contributed by atoms with Crippen LogP contribution in [0.2, 0.25) is 0 Å². The topological polar surface area (TPSA) is 73.5 Å². The van der Waals surface area contributed by atoms with E-state index in [4.69, 9.17) is 0 Å². The van der Waals surface area contributed by atoms with Gasteiger partial charge in [-0.05, 0) is 30.3 Å². The maximum atomic E-state index is 4.24. The molecular formula is C11H17N7S. The number of thioether (sulfide) groups is 1. The summed E-state index contributed by atoms with van der Waals surface area (Å²) < 4.78 is 4.10. The van der Waals surface area contributed by atoms with Gasteiger partial charge in [0.15, 0.2) is 0 Å². The quantitative estimate of drug-likeness (QED) is 0.753. The zero-order valence-electron chi connectivity index (χ0n) is 10.9. The van der Waals surface area contributed by atoms with Gasteiger partial charge in [0.05, 0.1) is 12.9 Å². The van der Waals surface area contributed by atoms with Gasteiger partial charge in [0.1, 0.15) is 0 Å². The Morgan fingerprint density at radius 3 is 3.16 bits per heavy atom. The van der Waals surface area contributed by atoms with Gasteiger partial charge in [-0.15, -0.1) is 5.10 Å².